The number of hydrogen-bond donors (Lipinski definition) is 0. The fourth-order valence-corrected chi connectivity index (χ4v) is 5.28. The van der Waals surface area contributed by atoms with Gasteiger partial charge in [-0.2, -0.15) is 0 Å². The van der Waals surface area contributed by atoms with Crippen molar-refractivity contribution < 1.29 is 22.0 Å². The molecule has 196 valence electrons. The highest BCUT2D eigenvalue weighted by Crippen LogP contribution is 2.34. The number of piperidine rings is 1. The minimum atomic E-state index is -3.56. The molecule has 3 aromatic rings. The van der Waals surface area contributed by atoms with E-state index < -0.39 is 33.8 Å². The number of carbonyl (C=O) groups excluding carboxylic acids is 1. The number of imidazole rings is 1. The Morgan fingerprint density at radius 3 is 2.49 bits per heavy atom. The molecule has 1 aliphatic carbocycles. The van der Waals surface area contributed by atoms with Gasteiger partial charge in [0.25, 0.3) is 5.91 Å². The summed E-state index contributed by atoms with van der Waals surface area (Å²) in [5.41, 5.74) is 1.14. The first kappa shape index (κ1) is 25.2. The van der Waals surface area contributed by atoms with Crippen LogP contribution in [-0.4, -0.2) is 76.3 Å². The van der Waals surface area contributed by atoms with Gasteiger partial charge in [0.15, 0.2) is 9.84 Å². The summed E-state index contributed by atoms with van der Waals surface area (Å²) in [7, 11) is -3.56. The number of anilines is 1. The molecule has 2 aliphatic rings. The van der Waals surface area contributed by atoms with Gasteiger partial charge in [0.05, 0.1) is 23.2 Å². The van der Waals surface area contributed by atoms with E-state index in [1.807, 2.05) is 6.92 Å². The summed E-state index contributed by atoms with van der Waals surface area (Å²) in [6.07, 6.45) is 8.71. The minimum Gasteiger partial charge on any atom is -0.338 e. The normalized spacial score (nSPS) is 20.2. The number of amides is 1. The Balaban J connectivity index is 1.33. The van der Waals surface area contributed by atoms with Crippen LogP contribution in [0.15, 0.2) is 48.0 Å². The lowest BCUT2D eigenvalue weighted by Gasteiger charge is -2.40. The number of sulfone groups is 1. The molecule has 37 heavy (non-hydrogen) atoms. The second kappa shape index (κ2) is 9.81. The zero-order chi connectivity index (χ0) is 26.3. The minimum absolute atomic E-state index is 0.0571. The molecule has 2 aromatic heterocycles. The Labute approximate surface area is 214 Å². The topological polar surface area (TPSA) is 101 Å². The Hall–Kier alpha value is -3.41. The predicted octanol–water partition coefficient (Wildman–Crippen LogP) is 2.99. The Kier molecular flexibility index (Phi) is 6.69. The quantitative estimate of drug-likeness (QED) is 0.463. The first-order chi connectivity index (χ1) is 17.7. The highest BCUT2D eigenvalue weighted by Gasteiger charge is 2.44. The van der Waals surface area contributed by atoms with Gasteiger partial charge in [-0.3, -0.25) is 4.79 Å². The summed E-state index contributed by atoms with van der Waals surface area (Å²) in [5, 5.41) is 0. The maximum atomic E-state index is 15.5. The second-order valence-electron chi connectivity index (χ2n) is 9.56. The maximum absolute atomic E-state index is 15.5. The molecule has 1 amide bonds. The zero-order valence-corrected chi connectivity index (χ0v) is 21.4. The van der Waals surface area contributed by atoms with Crippen LogP contribution < -0.4 is 4.90 Å². The van der Waals surface area contributed by atoms with Crippen LogP contribution in [0.5, 0.6) is 0 Å². The molecule has 1 saturated carbocycles. The average Bonchev–Trinajstić information content (AvgIpc) is 3.59. The first-order valence-corrected chi connectivity index (χ1v) is 14.1. The standard InChI is InChI=1S/C25H28F2N6O3S/c1-3-16-11-28-25(29-12-16)31-9-8-23(20(27)13-31)33(17-4-5-17)24(34)21-14-32(15-30-21)22-7-6-18(10-19(22)26)37(2,35)36/h6-7,10-12,14-15,17,20,23H,3-5,8-9,13H2,1-2H3/t20-,23+/m0/s1. The molecule has 2 fully saturated rings. The molecular weight excluding hydrogens is 502 g/mol. The van der Waals surface area contributed by atoms with Crippen LogP contribution in [0.2, 0.25) is 0 Å². The van der Waals surface area contributed by atoms with Crippen molar-refractivity contribution >= 4 is 21.7 Å². The molecule has 1 aromatic carbocycles. The van der Waals surface area contributed by atoms with Crippen molar-refractivity contribution in [2.75, 3.05) is 24.2 Å². The van der Waals surface area contributed by atoms with Crippen LogP contribution in [0, 0.1) is 5.82 Å². The van der Waals surface area contributed by atoms with Gasteiger partial charge < -0.3 is 14.4 Å². The summed E-state index contributed by atoms with van der Waals surface area (Å²) in [4.78, 5) is 29.6. The lowest BCUT2D eigenvalue weighted by atomic mass is 10.0. The van der Waals surface area contributed by atoms with E-state index in [0.29, 0.717) is 18.9 Å². The van der Waals surface area contributed by atoms with E-state index >= 15 is 4.39 Å². The smallest absolute Gasteiger partial charge is 0.274 e. The molecule has 3 heterocycles. The zero-order valence-electron chi connectivity index (χ0n) is 20.6. The van der Waals surface area contributed by atoms with E-state index in [4.69, 9.17) is 0 Å². The summed E-state index contributed by atoms with van der Waals surface area (Å²) >= 11 is 0. The number of rotatable bonds is 7. The van der Waals surface area contributed by atoms with Crippen molar-refractivity contribution in [2.24, 2.45) is 0 Å². The van der Waals surface area contributed by atoms with Gasteiger partial charge in [-0.1, -0.05) is 6.92 Å². The van der Waals surface area contributed by atoms with Gasteiger partial charge in [0, 0.05) is 37.4 Å². The molecule has 9 nitrogen and oxygen atoms in total. The molecule has 0 unspecified atom stereocenters. The van der Waals surface area contributed by atoms with Crippen molar-refractivity contribution in [2.45, 2.75) is 55.8 Å². The van der Waals surface area contributed by atoms with Gasteiger partial charge in [0.1, 0.15) is 24.0 Å². The van der Waals surface area contributed by atoms with Crippen molar-refractivity contribution in [3.63, 3.8) is 0 Å². The Morgan fingerprint density at radius 1 is 1.16 bits per heavy atom. The number of hydrogen-bond acceptors (Lipinski definition) is 7. The van der Waals surface area contributed by atoms with Crippen molar-refractivity contribution in [1.29, 1.82) is 0 Å². The molecule has 1 saturated heterocycles. The SMILES string of the molecule is CCc1cnc(N2CC[C@@H](N(C(=O)c3cn(-c4ccc(S(C)(=O)=O)cc4F)cn3)C3CC3)[C@@H](F)C2)nc1. The molecule has 0 radical (unpaired) electrons. The number of nitrogens with zero attached hydrogens (tertiary/aromatic N) is 6. The third-order valence-electron chi connectivity index (χ3n) is 6.85. The fraction of sp³-hybridized carbons (Fsp3) is 0.440. The van der Waals surface area contributed by atoms with E-state index in [-0.39, 0.29) is 28.9 Å². The van der Waals surface area contributed by atoms with Gasteiger partial charge in [-0.05, 0) is 49.4 Å². The van der Waals surface area contributed by atoms with E-state index in [1.54, 1.807) is 22.2 Å². The van der Waals surface area contributed by atoms with E-state index in [2.05, 4.69) is 15.0 Å². The van der Waals surface area contributed by atoms with E-state index in [1.165, 1.54) is 29.2 Å². The molecule has 0 N–H and O–H groups in total. The molecule has 5 rings (SSSR count). The molecule has 1 aliphatic heterocycles. The predicted molar refractivity (Wildman–Crippen MR) is 133 cm³/mol. The summed E-state index contributed by atoms with van der Waals surface area (Å²) in [6, 6.07) is 2.89. The third-order valence-corrected chi connectivity index (χ3v) is 7.96. The van der Waals surface area contributed by atoms with Crippen LogP contribution in [-0.2, 0) is 16.3 Å². The highest BCUT2D eigenvalue weighted by atomic mass is 32.2. The van der Waals surface area contributed by atoms with Crippen LogP contribution in [0.4, 0.5) is 14.7 Å². The summed E-state index contributed by atoms with van der Waals surface area (Å²) < 4.78 is 54.9. The van der Waals surface area contributed by atoms with Crippen molar-refractivity contribution in [3.05, 3.63) is 60.2 Å². The molecule has 0 bridgehead atoms. The van der Waals surface area contributed by atoms with Crippen LogP contribution in [0.3, 0.4) is 0 Å². The van der Waals surface area contributed by atoms with E-state index in [0.717, 1.165) is 37.1 Å². The van der Waals surface area contributed by atoms with Gasteiger partial charge >= 0.3 is 0 Å². The average molecular weight is 531 g/mol. The number of benzene rings is 1. The van der Waals surface area contributed by atoms with Gasteiger partial charge in [-0.25, -0.2) is 32.2 Å². The Morgan fingerprint density at radius 2 is 1.89 bits per heavy atom. The fourth-order valence-electron chi connectivity index (χ4n) is 4.65. The molecule has 2 atom stereocenters. The Bertz CT molecular complexity index is 1410. The van der Waals surface area contributed by atoms with Crippen molar-refractivity contribution in [1.82, 2.24) is 24.4 Å². The number of aromatic nitrogens is 4. The van der Waals surface area contributed by atoms with Crippen LogP contribution in [0.1, 0.15) is 42.2 Å². The summed E-state index contributed by atoms with van der Waals surface area (Å²) in [6.45, 7) is 2.61. The van der Waals surface area contributed by atoms with Gasteiger partial charge in [0.2, 0.25) is 5.95 Å². The number of halogens is 2. The largest absolute Gasteiger partial charge is 0.338 e. The lowest BCUT2D eigenvalue weighted by molar-refractivity contribution is 0.0481. The second-order valence-corrected chi connectivity index (χ2v) is 11.6. The number of aryl methyl sites for hydroxylation is 1. The summed E-state index contributed by atoms with van der Waals surface area (Å²) in [5.74, 6) is -0.687. The monoisotopic (exact) mass is 530 g/mol. The number of carbonyl (C=O) groups is 1. The van der Waals surface area contributed by atoms with Crippen LogP contribution in [0.25, 0.3) is 5.69 Å². The highest BCUT2D eigenvalue weighted by molar-refractivity contribution is 7.90. The molecule has 0 spiro atoms. The first-order valence-electron chi connectivity index (χ1n) is 12.2. The van der Waals surface area contributed by atoms with Gasteiger partial charge in [-0.15, -0.1) is 0 Å². The number of alkyl halides is 1. The third kappa shape index (κ3) is 5.20. The lowest BCUT2D eigenvalue weighted by Crippen LogP contribution is -2.55. The van der Waals surface area contributed by atoms with Crippen molar-refractivity contribution in [3.8, 4) is 5.69 Å². The van der Waals surface area contributed by atoms with Crippen LogP contribution >= 0.6 is 0 Å². The molecule has 12 heteroatoms. The molecular formula is C25H28F2N6O3S. The maximum Gasteiger partial charge on any atom is 0.274 e. The van der Waals surface area contributed by atoms with E-state index in [9.17, 15) is 17.6 Å².